The van der Waals surface area contributed by atoms with Crippen LogP contribution in [0.5, 0.6) is 11.6 Å². The molecule has 1 aromatic heterocycles. The van der Waals surface area contributed by atoms with Crippen LogP contribution in [0.2, 0.25) is 0 Å². The molecule has 2 heterocycles. The maximum atomic E-state index is 12.8. The van der Waals surface area contributed by atoms with Gasteiger partial charge in [0.05, 0.1) is 24.5 Å². The first kappa shape index (κ1) is 32.0. The van der Waals surface area contributed by atoms with Crippen molar-refractivity contribution >= 4 is 6.09 Å². The Balaban J connectivity index is 1.47. The van der Waals surface area contributed by atoms with Crippen molar-refractivity contribution in [2.24, 2.45) is 5.92 Å². The number of unbranched alkanes of at least 4 members (excludes halogenated alkanes) is 1. The van der Waals surface area contributed by atoms with Crippen molar-refractivity contribution in [3.63, 3.8) is 0 Å². The number of ether oxygens (including phenoxy) is 5. The molecule has 9 nitrogen and oxygen atoms in total. The van der Waals surface area contributed by atoms with Gasteiger partial charge in [-0.15, -0.1) is 5.10 Å². The lowest BCUT2D eigenvalue weighted by Gasteiger charge is -2.38. The highest BCUT2D eigenvalue weighted by molar-refractivity contribution is 5.68. The molecule has 1 saturated carbocycles. The summed E-state index contributed by atoms with van der Waals surface area (Å²) in [6.07, 6.45) is 9.56. The van der Waals surface area contributed by atoms with Gasteiger partial charge in [0, 0.05) is 37.7 Å². The van der Waals surface area contributed by atoms with E-state index in [0.717, 1.165) is 54.7 Å². The number of methoxy groups -OCH3 is 1. The Hall–Kier alpha value is -2.91. The molecule has 1 saturated heterocycles. The predicted molar refractivity (Wildman–Crippen MR) is 162 cm³/mol. The van der Waals surface area contributed by atoms with E-state index in [1.807, 2.05) is 26.8 Å². The van der Waals surface area contributed by atoms with Crippen LogP contribution in [0.1, 0.15) is 84.8 Å². The third-order valence-corrected chi connectivity index (χ3v) is 7.80. The average molecular weight is 584 g/mol. The molecule has 2 aromatic rings. The molecule has 2 aliphatic rings. The van der Waals surface area contributed by atoms with Crippen molar-refractivity contribution in [3.8, 4) is 22.8 Å². The van der Waals surface area contributed by atoms with Gasteiger partial charge in [-0.05, 0) is 83.4 Å². The summed E-state index contributed by atoms with van der Waals surface area (Å²) < 4.78 is 29.2. The largest absolute Gasteiger partial charge is 0.490 e. The van der Waals surface area contributed by atoms with Crippen LogP contribution >= 0.6 is 0 Å². The number of rotatable bonds is 12. The molecule has 1 aromatic carbocycles. The zero-order chi connectivity index (χ0) is 30.0. The standard InChI is InChI=1S/C33H49N3O6/c1-6-7-13-29-28(24-14-16-27(17-15-24)41-26-11-9-8-10-12-26)20-31(35-34-29)39-22-25-21-36(32(37)42-33(2,3)4)19-18-30(25)40-23-38-5/h14-17,20,25-26,30H,6-13,18-19,21-23H2,1-5H3/t25-,30-/m0/s1. The number of aromatic nitrogens is 2. The third kappa shape index (κ3) is 9.56. The molecule has 0 unspecified atom stereocenters. The maximum absolute atomic E-state index is 12.8. The van der Waals surface area contributed by atoms with Crippen LogP contribution in [0.25, 0.3) is 11.1 Å². The second-order valence-corrected chi connectivity index (χ2v) is 12.4. The number of benzene rings is 1. The van der Waals surface area contributed by atoms with Gasteiger partial charge in [0.2, 0.25) is 5.88 Å². The Labute approximate surface area is 251 Å². The molecule has 0 spiro atoms. The molecule has 1 amide bonds. The molecule has 2 fully saturated rings. The highest BCUT2D eigenvalue weighted by Crippen LogP contribution is 2.30. The fourth-order valence-corrected chi connectivity index (χ4v) is 5.57. The van der Waals surface area contributed by atoms with E-state index in [9.17, 15) is 4.79 Å². The fourth-order valence-electron chi connectivity index (χ4n) is 5.57. The number of nitrogens with zero attached hydrogens (tertiary/aromatic N) is 3. The minimum Gasteiger partial charge on any atom is -0.490 e. The van der Waals surface area contributed by atoms with Crippen molar-refractivity contribution in [2.75, 3.05) is 33.6 Å². The number of aryl methyl sites for hydroxylation is 1. The SMILES string of the molecule is CCCCc1nnc(OC[C@@H]2CN(C(=O)OC(C)(C)C)CC[C@@H]2OCOC)cc1-c1ccc(OC2CCCCC2)cc1. The molecule has 0 N–H and O–H groups in total. The van der Waals surface area contributed by atoms with E-state index >= 15 is 0 Å². The summed E-state index contributed by atoms with van der Waals surface area (Å²) >= 11 is 0. The van der Waals surface area contributed by atoms with E-state index in [4.69, 9.17) is 23.7 Å². The third-order valence-electron chi connectivity index (χ3n) is 7.80. The van der Waals surface area contributed by atoms with Crippen molar-refractivity contribution in [2.45, 2.75) is 103 Å². The first-order valence-electron chi connectivity index (χ1n) is 15.6. The second-order valence-electron chi connectivity index (χ2n) is 12.4. The number of carbonyl (C=O) groups excluding carboxylic acids is 1. The Morgan fingerprint density at radius 3 is 2.50 bits per heavy atom. The lowest BCUT2D eigenvalue weighted by molar-refractivity contribution is -0.116. The summed E-state index contributed by atoms with van der Waals surface area (Å²) in [6.45, 7) is 9.31. The lowest BCUT2D eigenvalue weighted by Crippen LogP contribution is -2.50. The molecule has 4 rings (SSSR count). The van der Waals surface area contributed by atoms with Gasteiger partial charge in [-0.2, -0.15) is 5.10 Å². The van der Waals surface area contributed by atoms with Crippen LogP contribution in [0, 0.1) is 5.92 Å². The molecule has 0 radical (unpaired) electrons. The van der Waals surface area contributed by atoms with Crippen LogP contribution in [-0.2, 0) is 20.6 Å². The van der Waals surface area contributed by atoms with Crippen LogP contribution in [0.3, 0.4) is 0 Å². The molecule has 0 bridgehead atoms. The number of likely N-dealkylation sites (tertiary alicyclic amines) is 1. The molecule has 9 heteroatoms. The Bertz CT molecular complexity index is 1110. The minimum absolute atomic E-state index is 0.0809. The molecule has 1 aliphatic carbocycles. The summed E-state index contributed by atoms with van der Waals surface area (Å²) in [7, 11) is 1.60. The van der Waals surface area contributed by atoms with E-state index in [1.54, 1.807) is 12.0 Å². The number of hydrogen-bond acceptors (Lipinski definition) is 8. The van der Waals surface area contributed by atoms with Gasteiger partial charge in [0.25, 0.3) is 0 Å². The van der Waals surface area contributed by atoms with Gasteiger partial charge < -0.3 is 28.6 Å². The normalized spacial score (nSPS) is 19.9. The van der Waals surface area contributed by atoms with Crippen LogP contribution in [0.15, 0.2) is 30.3 Å². The van der Waals surface area contributed by atoms with E-state index in [2.05, 4.69) is 41.4 Å². The van der Waals surface area contributed by atoms with Gasteiger partial charge in [-0.25, -0.2) is 4.79 Å². The zero-order valence-electron chi connectivity index (χ0n) is 26.1. The Kier molecular flexibility index (Phi) is 11.8. The summed E-state index contributed by atoms with van der Waals surface area (Å²) in [5, 5.41) is 9.00. The summed E-state index contributed by atoms with van der Waals surface area (Å²) in [5.74, 6) is 1.28. The number of hydrogen-bond donors (Lipinski definition) is 0. The lowest BCUT2D eigenvalue weighted by atomic mass is 9.95. The number of amides is 1. The maximum Gasteiger partial charge on any atom is 0.410 e. The Morgan fingerprint density at radius 2 is 1.81 bits per heavy atom. The quantitative estimate of drug-likeness (QED) is 0.251. The topological polar surface area (TPSA) is 92.2 Å². The van der Waals surface area contributed by atoms with Gasteiger partial charge in [0.15, 0.2) is 0 Å². The highest BCUT2D eigenvalue weighted by Gasteiger charge is 2.35. The van der Waals surface area contributed by atoms with Crippen molar-refractivity contribution in [3.05, 3.63) is 36.0 Å². The van der Waals surface area contributed by atoms with Gasteiger partial charge >= 0.3 is 6.09 Å². The van der Waals surface area contributed by atoms with Gasteiger partial charge in [-0.3, -0.25) is 0 Å². The van der Waals surface area contributed by atoms with Crippen molar-refractivity contribution in [1.29, 1.82) is 0 Å². The molecule has 2 atom stereocenters. The van der Waals surface area contributed by atoms with Crippen molar-refractivity contribution in [1.82, 2.24) is 15.1 Å². The monoisotopic (exact) mass is 583 g/mol. The summed E-state index contributed by atoms with van der Waals surface area (Å²) in [5.41, 5.74) is 2.48. The second kappa shape index (κ2) is 15.5. The van der Waals surface area contributed by atoms with E-state index < -0.39 is 5.60 Å². The molecular weight excluding hydrogens is 534 g/mol. The molecule has 42 heavy (non-hydrogen) atoms. The van der Waals surface area contributed by atoms with Crippen LogP contribution in [-0.4, -0.2) is 72.6 Å². The van der Waals surface area contributed by atoms with E-state index in [1.165, 1.54) is 19.3 Å². The zero-order valence-corrected chi connectivity index (χ0v) is 26.1. The highest BCUT2D eigenvalue weighted by atomic mass is 16.7. The summed E-state index contributed by atoms with van der Waals surface area (Å²) in [6, 6.07) is 10.3. The first-order chi connectivity index (χ1) is 20.3. The van der Waals surface area contributed by atoms with E-state index in [0.29, 0.717) is 38.1 Å². The molecular formula is C33H49N3O6. The molecule has 1 aliphatic heterocycles. The number of carbonyl (C=O) groups is 1. The van der Waals surface area contributed by atoms with Crippen LogP contribution in [0.4, 0.5) is 4.79 Å². The molecule has 232 valence electrons. The van der Waals surface area contributed by atoms with Crippen molar-refractivity contribution < 1.29 is 28.5 Å². The smallest absolute Gasteiger partial charge is 0.410 e. The van der Waals surface area contributed by atoms with E-state index in [-0.39, 0.29) is 24.9 Å². The number of piperidine rings is 1. The average Bonchev–Trinajstić information content (AvgIpc) is 2.98. The van der Waals surface area contributed by atoms with Crippen LogP contribution < -0.4 is 9.47 Å². The van der Waals surface area contributed by atoms with Gasteiger partial charge in [0.1, 0.15) is 18.1 Å². The Morgan fingerprint density at radius 1 is 1.05 bits per heavy atom. The first-order valence-corrected chi connectivity index (χ1v) is 15.6. The summed E-state index contributed by atoms with van der Waals surface area (Å²) in [4.78, 5) is 14.5. The fraction of sp³-hybridized carbons (Fsp3) is 0.667. The van der Waals surface area contributed by atoms with Gasteiger partial charge in [-0.1, -0.05) is 31.9 Å². The minimum atomic E-state index is -0.557. The predicted octanol–water partition coefficient (Wildman–Crippen LogP) is 6.82.